The Morgan fingerprint density at radius 2 is 1.43 bits per heavy atom. The molecule has 2 aromatic heterocycles. The smallest absolute Gasteiger partial charge is 0.343 e. The van der Waals surface area contributed by atoms with E-state index in [9.17, 15) is 83.1 Å². The Morgan fingerprint density at radius 1 is 0.753 bits per heavy atom. The molecule has 9 rings (SSSR count). The molecule has 9 atom stereocenters. The number of imide groups is 1. The number of unbranched alkanes of at least 4 members (excludes halogenated alkanes) is 2. The third-order valence-corrected chi connectivity index (χ3v) is 17.8. The molecular formula is C65H78FN11O20. The number of halogens is 1. The normalized spacial score (nSPS) is 21.1. The fraction of sp³-hybridized carbons (Fsp3) is 0.492. The summed E-state index contributed by atoms with van der Waals surface area (Å²) in [6.45, 7) is -0.477. The SMILES string of the molecule is CC[C@@]1(O)C(=O)OCc2c1cc1n(c2=O)Cc2c-1nc1cc(F)c(C)c3c1c2[C@@H](NC(=O)CCOCNC(=O)CNC(=O)[C@H](Cc1ccccc1)NC(=O)CNC(=O)CNC(=O)[C@H](CCC(=O)NC[C@@H]1O[C@H](CO)[C@@H](O)[C@H](O)[C@H]1O)NC(=O)CCCCCN1C(=O)C=CC1=O)CC3. The summed E-state index contributed by atoms with van der Waals surface area (Å²) >= 11 is 0. The van der Waals surface area contributed by atoms with Crippen molar-refractivity contribution < 1.29 is 96.9 Å². The number of benzene rings is 2. The average Bonchev–Trinajstić information content (AvgIpc) is 1.62. The van der Waals surface area contributed by atoms with Gasteiger partial charge < -0.3 is 86.8 Å². The molecule has 5 aliphatic rings. The molecule has 4 aliphatic heterocycles. The number of aryl methyl sites for hydroxylation is 1. The first-order chi connectivity index (χ1) is 46.4. The third-order valence-electron chi connectivity index (χ3n) is 17.8. The van der Waals surface area contributed by atoms with E-state index in [-0.39, 0.29) is 89.2 Å². The van der Waals surface area contributed by atoms with E-state index in [0.717, 1.165) is 22.6 Å². The quantitative estimate of drug-likeness (QED) is 0.00904. The lowest BCUT2D eigenvalue weighted by molar-refractivity contribution is -0.227. The number of cyclic esters (lactones) is 1. The maximum absolute atomic E-state index is 15.4. The zero-order valence-electron chi connectivity index (χ0n) is 53.2. The van der Waals surface area contributed by atoms with Gasteiger partial charge in [-0.25, -0.2) is 14.2 Å². The predicted molar refractivity (Wildman–Crippen MR) is 335 cm³/mol. The number of ether oxygens (including phenoxy) is 3. The highest BCUT2D eigenvalue weighted by molar-refractivity contribution is 6.12. The van der Waals surface area contributed by atoms with Gasteiger partial charge in [0.25, 0.3) is 17.4 Å². The molecule has 32 heteroatoms. The molecule has 0 bridgehead atoms. The van der Waals surface area contributed by atoms with Crippen LogP contribution in [0.15, 0.2) is 59.4 Å². The van der Waals surface area contributed by atoms with Gasteiger partial charge in [-0.2, -0.15) is 0 Å². The molecule has 2 aromatic carbocycles. The van der Waals surface area contributed by atoms with E-state index in [2.05, 4.69) is 42.5 Å². The number of nitrogens with one attached hydrogen (secondary N) is 8. The van der Waals surface area contributed by atoms with E-state index in [1.165, 1.54) is 10.6 Å². The van der Waals surface area contributed by atoms with Crippen LogP contribution in [-0.2, 0) is 98.5 Å². The molecule has 4 aromatic rings. The minimum Gasteiger partial charge on any atom is -0.458 e. The van der Waals surface area contributed by atoms with Crippen molar-refractivity contribution in [2.24, 2.45) is 0 Å². The van der Waals surface area contributed by atoms with E-state index < -0.39 is 163 Å². The van der Waals surface area contributed by atoms with Gasteiger partial charge in [0, 0.05) is 67.1 Å². The second-order valence-corrected chi connectivity index (χ2v) is 24.2. The van der Waals surface area contributed by atoms with Gasteiger partial charge in [-0.15, -0.1) is 0 Å². The van der Waals surface area contributed by atoms with Crippen LogP contribution in [0.1, 0.15) is 110 Å². The molecule has 0 saturated carbocycles. The summed E-state index contributed by atoms with van der Waals surface area (Å²) in [6.07, 6.45) is -4.33. The highest BCUT2D eigenvalue weighted by Crippen LogP contribution is 2.46. The van der Waals surface area contributed by atoms with E-state index in [4.69, 9.17) is 19.2 Å². The summed E-state index contributed by atoms with van der Waals surface area (Å²) in [6, 6.07) is 8.12. The summed E-state index contributed by atoms with van der Waals surface area (Å²) in [5.74, 6) is -8.08. The van der Waals surface area contributed by atoms with Crippen molar-refractivity contribution in [3.8, 4) is 11.4 Å². The Hall–Kier alpha value is -9.44. The fourth-order valence-corrected chi connectivity index (χ4v) is 12.4. The molecule has 13 N–H and O–H groups in total. The summed E-state index contributed by atoms with van der Waals surface area (Å²) in [5.41, 5.74) is 1.71. The predicted octanol–water partition coefficient (Wildman–Crippen LogP) is -3.10. The van der Waals surface area contributed by atoms with Crippen LogP contribution < -0.4 is 48.1 Å². The van der Waals surface area contributed by atoms with Crippen molar-refractivity contribution in [2.75, 3.05) is 52.7 Å². The average molecular weight is 1350 g/mol. The van der Waals surface area contributed by atoms with E-state index >= 15 is 4.39 Å². The number of fused-ring (bicyclic) bond motifs is 5. The van der Waals surface area contributed by atoms with Gasteiger partial charge in [0.2, 0.25) is 47.3 Å². The molecule has 1 fully saturated rings. The zero-order chi connectivity index (χ0) is 69.8. The number of hydrogen-bond acceptors (Lipinski definition) is 21. The van der Waals surface area contributed by atoms with Crippen LogP contribution in [-0.4, -0.2) is 200 Å². The minimum absolute atomic E-state index is 0.0438. The molecule has 0 radical (unpaired) electrons. The molecule has 6 heterocycles. The second kappa shape index (κ2) is 32.1. The van der Waals surface area contributed by atoms with Crippen molar-refractivity contribution >= 4 is 75.9 Å². The molecule has 0 unspecified atom stereocenters. The van der Waals surface area contributed by atoms with Crippen molar-refractivity contribution in [1.82, 2.24) is 57.0 Å². The summed E-state index contributed by atoms with van der Waals surface area (Å²) in [5, 5.41) is 72.4. The standard InChI is InChI=1S/C65H78FN11O20/c1-3-65(94)38-23-44-57-36(29-77(44)63(92)37(38)31-96-64(65)93)56-40(14-13-35-33(2)39(66)24-42(75-57)55(35)56)72-49(81)19-21-95-32-71-51(83)27-70-62(91)43(22-34-10-6-4-7-11-34)74-52(84)28-68-50(82)26-69-61(90)41(73-48(80)12-8-5-9-20-76-53(85)17-18-54(76)86)15-16-47(79)67-25-45-58(87)60(89)59(88)46(30-78)97-45/h4,6-7,10-11,17-18,23-24,40-41,43,45-46,58-60,78,87-89,94H,3,5,8-9,12-16,19-22,25-32H2,1-2H3,(H,67,79)(H,68,82)(H,69,90)(H,70,91)(H,71,83)(H,72,81)(H,73,80)(H,74,84)/t40-,41-,43-,45-,46+,58-,59+,60+,65-/m0/s1. The van der Waals surface area contributed by atoms with Gasteiger partial charge in [-0.3, -0.25) is 57.6 Å². The third kappa shape index (κ3) is 16.9. The maximum Gasteiger partial charge on any atom is 0.343 e. The van der Waals surface area contributed by atoms with Crippen molar-refractivity contribution in [3.05, 3.63) is 110 Å². The first-order valence-corrected chi connectivity index (χ1v) is 31.9. The fourth-order valence-electron chi connectivity index (χ4n) is 12.4. The van der Waals surface area contributed by atoms with Crippen LogP contribution in [0, 0.1) is 12.7 Å². The van der Waals surface area contributed by atoms with E-state index in [1.54, 1.807) is 50.2 Å². The lowest BCUT2D eigenvalue weighted by atomic mass is 9.81. The first kappa shape index (κ1) is 71.8. The molecule has 31 nitrogen and oxygen atoms in total. The van der Waals surface area contributed by atoms with Crippen LogP contribution in [0.2, 0.25) is 0 Å². The van der Waals surface area contributed by atoms with Crippen molar-refractivity contribution in [2.45, 2.75) is 152 Å². The largest absolute Gasteiger partial charge is 0.458 e. The Labute approximate surface area is 553 Å². The van der Waals surface area contributed by atoms with Crippen molar-refractivity contribution in [3.63, 3.8) is 0 Å². The molecular weight excluding hydrogens is 1270 g/mol. The van der Waals surface area contributed by atoms with Crippen LogP contribution in [0.4, 0.5) is 4.39 Å². The molecule has 10 amide bonds. The van der Waals surface area contributed by atoms with Gasteiger partial charge >= 0.3 is 5.97 Å². The lowest BCUT2D eigenvalue weighted by Gasteiger charge is -2.40. The van der Waals surface area contributed by atoms with Crippen LogP contribution in [0.5, 0.6) is 0 Å². The summed E-state index contributed by atoms with van der Waals surface area (Å²) in [4.78, 5) is 162. The first-order valence-electron chi connectivity index (χ1n) is 31.9. The number of carbonyl (C=O) groups excluding carboxylic acids is 11. The summed E-state index contributed by atoms with van der Waals surface area (Å²) < 4.78 is 33.1. The molecule has 1 aliphatic carbocycles. The van der Waals surface area contributed by atoms with Crippen LogP contribution in [0.25, 0.3) is 22.3 Å². The number of pyridine rings is 2. The number of amides is 10. The molecule has 1 saturated heterocycles. The number of aliphatic hydroxyl groups is 5. The molecule has 520 valence electrons. The van der Waals surface area contributed by atoms with Gasteiger partial charge in [0.15, 0.2) is 5.60 Å². The van der Waals surface area contributed by atoms with Gasteiger partial charge in [0.1, 0.15) is 61.8 Å². The van der Waals surface area contributed by atoms with Crippen LogP contribution in [0.3, 0.4) is 0 Å². The number of aliphatic hydroxyl groups excluding tert-OH is 4. The number of nitrogens with zero attached hydrogens (tertiary/aromatic N) is 3. The van der Waals surface area contributed by atoms with Gasteiger partial charge in [-0.1, -0.05) is 43.7 Å². The lowest BCUT2D eigenvalue weighted by Crippen LogP contribution is -2.60. The number of hydrogen-bond donors (Lipinski definition) is 13. The Bertz CT molecular complexity index is 3810. The minimum atomic E-state index is -2.07. The number of rotatable bonds is 31. The highest BCUT2D eigenvalue weighted by Gasteiger charge is 2.47. The Morgan fingerprint density at radius 3 is 2.14 bits per heavy atom. The summed E-state index contributed by atoms with van der Waals surface area (Å²) in [7, 11) is 0. The Balaban J connectivity index is 0.727. The molecule has 0 spiro atoms. The number of carbonyl (C=O) groups is 11. The number of esters is 1. The second-order valence-electron chi connectivity index (χ2n) is 24.2. The monoisotopic (exact) mass is 1350 g/mol. The van der Waals surface area contributed by atoms with Gasteiger partial charge in [-0.05, 0) is 73.8 Å². The van der Waals surface area contributed by atoms with Crippen molar-refractivity contribution in [1.29, 1.82) is 0 Å². The Kier molecular flexibility index (Phi) is 23.8. The highest BCUT2D eigenvalue weighted by atomic mass is 19.1. The maximum atomic E-state index is 15.4. The topological polar surface area (TPSA) is 451 Å². The number of aromatic nitrogens is 2. The van der Waals surface area contributed by atoms with Crippen LogP contribution >= 0.6 is 0 Å². The van der Waals surface area contributed by atoms with E-state index in [0.29, 0.717) is 70.2 Å². The van der Waals surface area contributed by atoms with Gasteiger partial charge in [0.05, 0.1) is 74.3 Å². The van der Waals surface area contributed by atoms with E-state index in [1.807, 2.05) is 0 Å². The molecule has 97 heavy (non-hydrogen) atoms. The zero-order valence-corrected chi connectivity index (χ0v) is 53.2.